The van der Waals surface area contributed by atoms with Gasteiger partial charge in [-0.2, -0.15) is 0 Å². The molecule has 2 aromatic heterocycles. The van der Waals surface area contributed by atoms with E-state index in [2.05, 4.69) is 233 Å². The molecule has 10 aromatic rings. The Balaban J connectivity index is 1.12. The Morgan fingerprint density at radius 1 is 0.288 bits per heavy atom. The molecule has 2 nitrogen and oxygen atoms in total. The fourth-order valence-electron chi connectivity index (χ4n) is 10.4. The highest BCUT2D eigenvalue weighted by Crippen LogP contribution is 2.62. The van der Waals surface area contributed by atoms with E-state index in [0.29, 0.717) is 0 Å². The highest BCUT2D eigenvalue weighted by Gasteiger charge is 2.57. The second-order valence-corrected chi connectivity index (χ2v) is 18.3. The van der Waals surface area contributed by atoms with Crippen LogP contribution in [0.2, 0.25) is 0 Å². The summed E-state index contributed by atoms with van der Waals surface area (Å²) in [6.45, 7) is 14.7. The predicted molar refractivity (Wildman–Crippen MR) is 251 cm³/mol. The van der Waals surface area contributed by atoms with Gasteiger partial charge in [0.1, 0.15) is 0 Å². The van der Waals surface area contributed by atoms with Gasteiger partial charge in [0, 0.05) is 32.9 Å². The topological polar surface area (TPSA) is 9.86 Å². The first kappa shape index (κ1) is 35.5. The molecule has 11 rings (SSSR count). The van der Waals surface area contributed by atoms with Gasteiger partial charge in [-0.05, 0) is 127 Å². The van der Waals surface area contributed by atoms with E-state index in [0.717, 1.165) is 5.69 Å². The summed E-state index contributed by atoms with van der Waals surface area (Å²) in [6, 6.07) is 67.5. The van der Waals surface area contributed by atoms with Gasteiger partial charge in [-0.1, -0.05) is 157 Å². The van der Waals surface area contributed by atoms with Gasteiger partial charge in [-0.15, -0.1) is 0 Å². The molecule has 0 radical (unpaired) electrons. The molecule has 0 unspecified atom stereocenters. The zero-order valence-corrected chi connectivity index (χ0v) is 34.7. The molecule has 0 amide bonds. The standard InChI is InChI=1S/C57H48N2/c1-55(2)49-35-48-47-34-42(41-27-29-52-46(33-41)45-25-13-14-26-51(45)58(52)43-23-15-21-39(31-43)37-17-9-7-10-18-37)28-30-53(47)59(54(48)36-50(49)56(3,4)57(55,5)6)44-24-16-22-40(32-44)38-19-11-8-12-20-38/h7-36H,1-6H3. The summed E-state index contributed by atoms with van der Waals surface area (Å²) in [7, 11) is 0. The molecule has 0 saturated carbocycles. The first-order chi connectivity index (χ1) is 28.5. The lowest BCUT2D eigenvalue weighted by Crippen LogP contribution is -2.42. The summed E-state index contributed by atoms with van der Waals surface area (Å²) in [5, 5.41) is 5.10. The Hall–Kier alpha value is -6.64. The number of nitrogens with zero attached hydrogens (tertiary/aromatic N) is 2. The van der Waals surface area contributed by atoms with Crippen molar-refractivity contribution in [3.8, 4) is 44.8 Å². The molecule has 0 bridgehead atoms. The minimum atomic E-state index is -0.00416. The molecule has 0 atom stereocenters. The van der Waals surface area contributed by atoms with E-state index < -0.39 is 0 Å². The van der Waals surface area contributed by atoms with Crippen LogP contribution in [0.5, 0.6) is 0 Å². The molecule has 0 saturated heterocycles. The van der Waals surface area contributed by atoms with Crippen LogP contribution in [0.4, 0.5) is 0 Å². The monoisotopic (exact) mass is 760 g/mol. The molecule has 0 aliphatic heterocycles. The Kier molecular flexibility index (Phi) is 7.63. The molecule has 0 N–H and O–H groups in total. The third-order valence-electron chi connectivity index (χ3n) is 14.8. The van der Waals surface area contributed by atoms with E-state index in [4.69, 9.17) is 0 Å². The Labute approximate surface area is 347 Å². The number of hydrogen-bond donors (Lipinski definition) is 0. The molecular formula is C57H48N2. The fraction of sp³-hybridized carbons (Fsp3) is 0.158. The molecule has 2 heteroatoms. The second-order valence-electron chi connectivity index (χ2n) is 18.3. The van der Waals surface area contributed by atoms with Crippen LogP contribution in [0.15, 0.2) is 182 Å². The van der Waals surface area contributed by atoms with E-state index in [1.54, 1.807) is 0 Å². The largest absolute Gasteiger partial charge is 0.309 e. The van der Waals surface area contributed by atoms with Crippen molar-refractivity contribution >= 4 is 43.6 Å². The molecule has 2 heterocycles. The van der Waals surface area contributed by atoms with Crippen molar-refractivity contribution in [1.82, 2.24) is 9.13 Å². The Morgan fingerprint density at radius 3 is 1.25 bits per heavy atom. The van der Waals surface area contributed by atoms with Crippen molar-refractivity contribution in [3.63, 3.8) is 0 Å². The van der Waals surface area contributed by atoms with Gasteiger partial charge in [0.2, 0.25) is 0 Å². The van der Waals surface area contributed by atoms with Gasteiger partial charge in [0.15, 0.2) is 0 Å². The maximum atomic E-state index is 2.55. The smallest absolute Gasteiger partial charge is 0.0544 e. The third kappa shape index (κ3) is 5.12. The zero-order valence-electron chi connectivity index (χ0n) is 34.7. The average molecular weight is 761 g/mol. The summed E-state index contributed by atoms with van der Waals surface area (Å²) in [6.07, 6.45) is 0. The fourth-order valence-corrected chi connectivity index (χ4v) is 10.4. The van der Waals surface area contributed by atoms with Crippen LogP contribution in [-0.4, -0.2) is 9.13 Å². The van der Waals surface area contributed by atoms with Crippen molar-refractivity contribution < 1.29 is 0 Å². The Morgan fingerprint density at radius 2 is 0.695 bits per heavy atom. The molecule has 1 aliphatic carbocycles. The Bertz CT molecular complexity index is 3280. The van der Waals surface area contributed by atoms with Crippen LogP contribution < -0.4 is 0 Å². The van der Waals surface area contributed by atoms with Crippen LogP contribution in [0.3, 0.4) is 0 Å². The number of rotatable bonds is 5. The van der Waals surface area contributed by atoms with Gasteiger partial charge in [-0.3, -0.25) is 0 Å². The highest BCUT2D eigenvalue weighted by molar-refractivity contribution is 6.13. The normalized spacial score (nSPS) is 15.4. The second kappa shape index (κ2) is 12.7. The molecule has 8 aromatic carbocycles. The van der Waals surface area contributed by atoms with E-state index in [1.165, 1.54) is 93.8 Å². The summed E-state index contributed by atoms with van der Waals surface area (Å²) in [5.41, 5.74) is 17.6. The van der Waals surface area contributed by atoms with Crippen molar-refractivity contribution in [2.75, 3.05) is 0 Å². The maximum absolute atomic E-state index is 2.55. The highest BCUT2D eigenvalue weighted by atomic mass is 15.0. The van der Waals surface area contributed by atoms with E-state index in [1.807, 2.05) is 0 Å². The van der Waals surface area contributed by atoms with Gasteiger partial charge < -0.3 is 9.13 Å². The van der Waals surface area contributed by atoms with Crippen molar-refractivity contribution in [1.29, 1.82) is 0 Å². The first-order valence-corrected chi connectivity index (χ1v) is 21.0. The lowest BCUT2D eigenvalue weighted by Gasteiger charge is -2.44. The molecule has 0 fully saturated rings. The molecular weight excluding hydrogens is 713 g/mol. The van der Waals surface area contributed by atoms with Crippen LogP contribution >= 0.6 is 0 Å². The lowest BCUT2D eigenvalue weighted by atomic mass is 9.59. The summed E-state index contributed by atoms with van der Waals surface area (Å²) in [5.74, 6) is 0. The quantitative estimate of drug-likeness (QED) is 0.165. The van der Waals surface area contributed by atoms with Gasteiger partial charge in [0.05, 0.1) is 22.1 Å². The van der Waals surface area contributed by atoms with Crippen LogP contribution in [0.1, 0.15) is 52.7 Å². The molecule has 286 valence electrons. The number of benzene rings is 8. The van der Waals surface area contributed by atoms with E-state index in [9.17, 15) is 0 Å². The zero-order chi connectivity index (χ0) is 40.3. The summed E-state index contributed by atoms with van der Waals surface area (Å²) < 4.78 is 4.93. The van der Waals surface area contributed by atoms with E-state index >= 15 is 0 Å². The van der Waals surface area contributed by atoms with Crippen LogP contribution in [0, 0.1) is 5.41 Å². The van der Waals surface area contributed by atoms with Gasteiger partial charge >= 0.3 is 0 Å². The van der Waals surface area contributed by atoms with Gasteiger partial charge in [-0.25, -0.2) is 0 Å². The number of hydrogen-bond acceptors (Lipinski definition) is 0. The lowest BCUT2D eigenvalue weighted by molar-refractivity contribution is 0.125. The average Bonchev–Trinajstić information content (AvgIpc) is 3.81. The number of fused-ring (bicyclic) bond motifs is 7. The molecule has 59 heavy (non-hydrogen) atoms. The number of aromatic nitrogens is 2. The summed E-state index contributed by atoms with van der Waals surface area (Å²) in [4.78, 5) is 0. The van der Waals surface area contributed by atoms with Crippen molar-refractivity contribution in [2.24, 2.45) is 5.41 Å². The molecule has 0 spiro atoms. The maximum Gasteiger partial charge on any atom is 0.0544 e. The third-order valence-corrected chi connectivity index (χ3v) is 14.8. The summed E-state index contributed by atoms with van der Waals surface area (Å²) >= 11 is 0. The number of para-hydroxylation sites is 1. The minimum Gasteiger partial charge on any atom is -0.309 e. The van der Waals surface area contributed by atoms with Crippen molar-refractivity contribution in [3.05, 3.63) is 193 Å². The minimum absolute atomic E-state index is 0.000848. The first-order valence-electron chi connectivity index (χ1n) is 21.0. The predicted octanol–water partition coefficient (Wildman–Crippen LogP) is 15.5. The van der Waals surface area contributed by atoms with Gasteiger partial charge in [0.25, 0.3) is 0 Å². The van der Waals surface area contributed by atoms with Crippen LogP contribution in [-0.2, 0) is 10.8 Å². The van der Waals surface area contributed by atoms with Crippen molar-refractivity contribution in [2.45, 2.75) is 52.4 Å². The van der Waals surface area contributed by atoms with E-state index in [-0.39, 0.29) is 16.2 Å². The SMILES string of the molecule is CC1(C)c2cc3c4cc(-c5ccc6c(c5)c5ccccc5n6-c5cccc(-c6ccccc6)c5)ccc4n(-c4cccc(-c5ccccc5)c4)c3cc2C(C)(C)C1(C)C. The van der Waals surface area contributed by atoms with Crippen LogP contribution in [0.25, 0.3) is 88.4 Å². The molecule has 1 aliphatic rings.